The van der Waals surface area contributed by atoms with Crippen molar-refractivity contribution in [3.63, 3.8) is 0 Å². The summed E-state index contributed by atoms with van der Waals surface area (Å²) in [5, 5.41) is 18.8. The Kier molecular flexibility index (Phi) is 12.6. The quantitative estimate of drug-likeness (QED) is 0.435. The van der Waals surface area contributed by atoms with Gasteiger partial charge in [0.15, 0.2) is 0 Å². The molecule has 0 aliphatic carbocycles. The lowest BCUT2D eigenvalue weighted by atomic mass is 10.1. The molecular formula is C13H23NO6. The van der Waals surface area contributed by atoms with Crippen molar-refractivity contribution in [2.45, 2.75) is 59.2 Å². The first-order chi connectivity index (χ1) is 9.22. The van der Waals surface area contributed by atoms with Crippen molar-refractivity contribution < 1.29 is 24.4 Å². The highest BCUT2D eigenvalue weighted by Gasteiger charge is 2.06. The van der Waals surface area contributed by atoms with Gasteiger partial charge in [-0.15, -0.1) is 0 Å². The molecule has 0 aromatic rings. The smallest absolute Gasteiger partial charge is 0.305 e. The second-order valence-electron chi connectivity index (χ2n) is 4.18. The molecular weight excluding hydrogens is 266 g/mol. The lowest BCUT2D eigenvalue weighted by Crippen LogP contribution is -2.10. The molecule has 7 nitrogen and oxygen atoms in total. The van der Waals surface area contributed by atoms with Gasteiger partial charge in [0.25, 0.3) is 0 Å². The summed E-state index contributed by atoms with van der Waals surface area (Å²) in [5.41, 5.74) is 0. The Hall–Kier alpha value is -1.76. The number of carbonyl (C=O) groups is 2. The molecule has 0 amide bonds. The molecule has 1 N–H and O–H groups in total. The number of aliphatic hydroxyl groups excluding tert-OH is 1. The Balaban J connectivity index is 0. The van der Waals surface area contributed by atoms with E-state index in [0.29, 0.717) is 19.0 Å². The minimum absolute atomic E-state index is 0.0300. The zero-order chi connectivity index (χ0) is 16.1. The molecule has 1 unspecified atom stereocenters. The van der Waals surface area contributed by atoms with Gasteiger partial charge in [-0.2, -0.15) is 0 Å². The van der Waals surface area contributed by atoms with Crippen molar-refractivity contribution >= 4 is 11.8 Å². The van der Waals surface area contributed by atoms with Gasteiger partial charge in [0, 0.05) is 25.3 Å². The van der Waals surface area contributed by atoms with E-state index in [1.807, 2.05) is 13.8 Å². The third kappa shape index (κ3) is 16.2. The first-order valence-electron chi connectivity index (χ1n) is 6.43. The van der Waals surface area contributed by atoms with E-state index in [1.54, 1.807) is 13.8 Å². The molecule has 0 rings (SSSR count). The number of ketones is 1. The molecule has 7 heteroatoms. The van der Waals surface area contributed by atoms with Gasteiger partial charge in [0.1, 0.15) is 5.78 Å². The van der Waals surface area contributed by atoms with E-state index in [-0.39, 0.29) is 24.3 Å². The minimum atomic E-state index is -1.04. The monoisotopic (exact) mass is 289 g/mol. The summed E-state index contributed by atoms with van der Waals surface area (Å²) < 4.78 is 4.76. The van der Waals surface area contributed by atoms with Crippen molar-refractivity contribution in [3.05, 3.63) is 22.4 Å². The Morgan fingerprint density at radius 3 is 2.15 bits per heavy atom. The number of ether oxygens (including phenoxy) is 1. The highest BCUT2D eigenvalue weighted by molar-refractivity contribution is 5.78. The average Bonchev–Trinajstić information content (AvgIpc) is 2.36. The largest absolute Gasteiger partial charge is 0.463 e. The number of carbonyl (C=O) groups excluding carboxylic acids is 2. The van der Waals surface area contributed by atoms with Gasteiger partial charge in [-0.3, -0.25) is 19.7 Å². The summed E-state index contributed by atoms with van der Waals surface area (Å²) in [5.74, 6) is -0.240. The van der Waals surface area contributed by atoms with Crippen LogP contribution in [0.2, 0.25) is 0 Å². The van der Waals surface area contributed by atoms with Crippen LogP contribution in [-0.2, 0) is 14.3 Å². The average molecular weight is 289 g/mol. The summed E-state index contributed by atoms with van der Waals surface area (Å²) in [6.07, 6.45) is 1.37. The molecule has 116 valence electrons. The van der Waals surface area contributed by atoms with Crippen molar-refractivity contribution in [1.82, 2.24) is 0 Å². The molecule has 0 aromatic carbocycles. The number of nitro groups is 1. The first kappa shape index (κ1) is 20.6. The molecule has 0 fully saturated rings. The summed E-state index contributed by atoms with van der Waals surface area (Å²) in [6, 6.07) is 0. The van der Waals surface area contributed by atoms with E-state index in [9.17, 15) is 19.7 Å². The zero-order valence-electron chi connectivity index (χ0n) is 12.4. The number of rotatable bonds is 7. The number of hydrogen-bond acceptors (Lipinski definition) is 6. The molecule has 0 aliphatic heterocycles. The van der Waals surface area contributed by atoms with Crippen LogP contribution in [-0.4, -0.2) is 34.0 Å². The van der Waals surface area contributed by atoms with Crippen LogP contribution in [0.1, 0.15) is 47.0 Å². The summed E-state index contributed by atoms with van der Waals surface area (Å²) in [6.45, 7) is 7.14. The van der Waals surface area contributed by atoms with E-state index in [1.165, 1.54) is 0 Å². The minimum Gasteiger partial charge on any atom is -0.463 e. The topological polar surface area (TPSA) is 107 Å². The number of hydrogen-bond donors (Lipinski definition) is 1. The van der Waals surface area contributed by atoms with Crippen LogP contribution in [0.5, 0.6) is 0 Å². The van der Waals surface area contributed by atoms with E-state index >= 15 is 0 Å². The summed E-state index contributed by atoms with van der Waals surface area (Å²) >= 11 is 0. The van der Waals surface area contributed by atoms with E-state index in [0.717, 1.165) is 6.08 Å². The second kappa shape index (κ2) is 12.3. The maximum atomic E-state index is 10.7. The molecule has 0 bridgehead atoms. The Morgan fingerprint density at radius 1 is 1.30 bits per heavy atom. The van der Waals surface area contributed by atoms with E-state index < -0.39 is 11.0 Å². The van der Waals surface area contributed by atoms with Crippen LogP contribution in [0, 0.1) is 10.1 Å². The molecule has 0 spiro atoms. The normalized spacial score (nSPS) is 11.7. The lowest BCUT2D eigenvalue weighted by molar-refractivity contribution is -0.402. The predicted molar refractivity (Wildman–Crippen MR) is 73.6 cm³/mol. The molecule has 20 heavy (non-hydrogen) atoms. The van der Waals surface area contributed by atoms with Crippen molar-refractivity contribution in [1.29, 1.82) is 0 Å². The van der Waals surface area contributed by atoms with Crippen LogP contribution >= 0.6 is 0 Å². The van der Waals surface area contributed by atoms with Gasteiger partial charge in [0.2, 0.25) is 6.20 Å². The first-order valence-corrected chi connectivity index (χ1v) is 6.43. The van der Waals surface area contributed by atoms with Gasteiger partial charge >= 0.3 is 5.97 Å². The predicted octanol–water partition coefficient (Wildman–Crippen LogP) is 1.85. The third-order valence-electron chi connectivity index (χ3n) is 1.92. The van der Waals surface area contributed by atoms with Crippen LogP contribution in [0.25, 0.3) is 0 Å². The summed E-state index contributed by atoms with van der Waals surface area (Å²) in [4.78, 5) is 30.2. The van der Waals surface area contributed by atoms with Gasteiger partial charge in [0.05, 0.1) is 17.1 Å². The van der Waals surface area contributed by atoms with Crippen molar-refractivity contribution in [2.75, 3.05) is 0 Å². The molecule has 0 saturated carbocycles. The Bertz CT molecular complexity index is 338. The fraction of sp³-hybridized carbons (Fsp3) is 0.692. The standard InChI is InChI=1S/C7H11NO4.C6H12O2/c1-2-6(9)5-7(10)3-4-8(11)12;1-4-6(7)8-5(2)3/h3-4,7,10H,2,5H2,1H3;5H,4H2,1-3H3. The van der Waals surface area contributed by atoms with Crippen molar-refractivity contribution in [2.24, 2.45) is 0 Å². The maximum absolute atomic E-state index is 10.7. The van der Waals surface area contributed by atoms with E-state index in [2.05, 4.69) is 0 Å². The molecule has 1 atom stereocenters. The molecule has 0 saturated heterocycles. The van der Waals surface area contributed by atoms with Gasteiger partial charge in [-0.25, -0.2) is 0 Å². The van der Waals surface area contributed by atoms with Crippen LogP contribution in [0.4, 0.5) is 0 Å². The fourth-order valence-electron chi connectivity index (χ4n) is 0.961. The van der Waals surface area contributed by atoms with Gasteiger partial charge < -0.3 is 9.84 Å². The van der Waals surface area contributed by atoms with Gasteiger partial charge in [-0.05, 0) is 13.8 Å². The molecule has 0 heterocycles. The van der Waals surface area contributed by atoms with Gasteiger partial charge in [-0.1, -0.05) is 13.8 Å². The molecule has 0 radical (unpaired) electrons. The van der Waals surface area contributed by atoms with E-state index in [4.69, 9.17) is 9.84 Å². The SMILES string of the molecule is CCC(=O)CC(O)C=C[N+](=O)[O-].CCC(=O)OC(C)C. The zero-order valence-corrected chi connectivity index (χ0v) is 12.4. The van der Waals surface area contributed by atoms with Crippen molar-refractivity contribution in [3.8, 4) is 0 Å². The van der Waals surface area contributed by atoms with Crippen LogP contribution in [0.3, 0.4) is 0 Å². The highest BCUT2D eigenvalue weighted by atomic mass is 16.6. The number of aliphatic hydroxyl groups is 1. The number of Topliss-reactive ketones (excluding diaryl/α,β-unsaturated/α-hetero) is 1. The Morgan fingerprint density at radius 2 is 1.85 bits per heavy atom. The lowest BCUT2D eigenvalue weighted by Gasteiger charge is -2.04. The third-order valence-corrected chi connectivity index (χ3v) is 1.92. The Labute approximate surface area is 118 Å². The summed E-state index contributed by atoms with van der Waals surface area (Å²) in [7, 11) is 0. The molecule has 0 aromatic heterocycles. The number of nitrogens with zero attached hydrogens (tertiary/aromatic N) is 1. The molecule has 0 aliphatic rings. The number of esters is 1. The maximum Gasteiger partial charge on any atom is 0.305 e. The fourth-order valence-corrected chi connectivity index (χ4v) is 0.961. The second-order valence-corrected chi connectivity index (χ2v) is 4.18. The van der Waals surface area contributed by atoms with Crippen LogP contribution in [0.15, 0.2) is 12.3 Å². The highest BCUT2D eigenvalue weighted by Crippen LogP contribution is 1.97. The van der Waals surface area contributed by atoms with Crippen LogP contribution < -0.4 is 0 Å².